The fraction of sp³-hybridized carbons (Fsp3) is 0.588. The third-order valence-electron chi connectivity index (χ3n) is 3.41. The summed E-state index contributed by atoms with van der Waals surface area (Å²) in [6.07, 6.45) is 1.07. The topological polar surface area (TPSA) is 29.1 Å². The predicted molar refractivity (Wildman–Crippen MR) is 90.5 cm³/mol. The average molecular weight is 293 g/mol. The molecule has 1 rings (SSSR count). The number of para-hydroxylation sites is 1. The smallest absolute Gasteiger partial charge is 0.237 e. The van der Waals surface area contributed by atoms with E-state index in [0.29, 0.717) is 11.8 Å². The summed E-state index contributed by atoms with van der Waals surface area (Å²) in [7, 11) is 0. The molecule has 0 heterocycles. The minimum absolute atomic E-state index is 0.0117. The molecular formula is C17H27NOS. The van der Waals surface area contributed by atoms with E-state index in [1.807, 2.05) is 25.1 Å². The Morgan fingerprint density at radius 3 is 2.45 bits per heavy atom. The minimum atomic E-state index is -0.0117. The molecule has 0 bridgehead atoms. The molecule has 2 unspecified atom stereocenters. The Balaban J connectivity index is 2.70. The first-order valence-electron chi connectivity index (χ1n) is 7.47. The van der Waals surface area contributed by atoms with Gasteiger partial charge in [0.2, 0.25) is 5.91 Å². The van der Waals surface area contributed by atoms with E-state index < -0.39 is 0 Å². The molecule has 1 aromatic rings. The molecule has 0 saturated carbocycles. The molecule has 2 atom stereocenters. The van der Waals surface area contributed by atoms with Crippen molar-refractivity contribution in [3.63, 3.8) is 0 Å². The highest BCUT2D eigenvalue weighted by Crippen LogP contribution is 2.27. The second-order valence-corrected chi connectivity index (χ2v) is 7.13. The van der Waals surface area contributed by atoms with Gasteiger partial charge in [-0.15, -0.1) is 11.8 Å². The van der Waals surface area contributed by atoms with Crippen LogP contribution in [0.5, 0.6) is 0 Å². The fourth-order valence-electron chi connectivity index (χ4n) is 1.91. The highest BCUT2D eigenvalue weighted by molar-refractivity contribution is 8.00. The molecular weight excluding hydrogens is 266 g/mol. The maximum Gasteiger partial charge on any atom is 0.237 e. The average Bonchev–Trinajstić information content (AvgIpc) is 2.44. The van der Waals surface area contributed by atoms with Crippen LogP contribution in [0.1, 0.15) is 52.5 Å². The van der Waals surface area contributed by atoms with Gasteiger partial charge in [0.15, 0.2) is 0 Å². The summed E-state index contributed by atoms with van der Waals surface area (Å²) in [6, 6.07) is 8.12. The van der Waals surface area contributed by atoms with Crippen LogP contribution >= 0.6 is 11.8 Å². The second kappa shape index (κ2) is 8.35. The van der Waals surface area contributed by atoms with Gasteiger partial charge in [-0.25, -0.2) is 0 Å². The van der Waals surface area contributed by atoms with Gasteiger partial charge < -0.3 is 5.32 Å². The van der Waals surface area contributed by atoms with E-state index in [9.17, 15) is 4.79 Å². The van der Waals surface area contributed by atoms with Crippen LogP contribution in [0.2, 0.25) is 0 Å². The van der Waals surface area contributed by atoms with E-state index in [0.717, 1.165) is 17.9 Å². The second-order valence-electron chi connectivity index (χ2n) is 5.76. The molecule has 0 fully saturated rings. The van der Waals surface area contributed by atoms with E-state index in [-0.39, 0.29) is 11.2 Å². The highest BCUT2D eigenvalue weighted by atomic mass is 32.2. The summed E-state index contributed by atoms with van der Waals surface area (Å²) in [4.78, 5) is 12.3. The van der Waals surface area contributed by atoms with Crippen molar-refractivity contribution in [3.05, 3.63) is 29.8 Å². The number of thioether (sulfide) groups is 1. The Labute approximate surface area is 127 Å². The van der Waals surface area contributed by atoms with Crippen LogP contribution in [-0.2, 0) is 4.79 Å². The van der Waals surface area contributed by atoms with Gasteiger partial charge in [-0.05, 0) is 42.6 Å². The Hall–Kier alpha value is -0.960. The van der Waals surface area contributed by atoms with Crippen LogP contribution in [0.15, 0.2) is 24.3 Å². The van der Waals surface area contributed by atoms with Gasteiger partial charge in [-0.2, -0.15) is 0 Å². The Kier molecular flexibility index (Phi) is 7.14. The van der Waals surface area contributed by atoms with E-state index in [2.05, 4.69) is 39.1 Å². The predicted octanol–water partition coefficient (Wildman–Crippen LogP) is 4.92. The van der Waals surface area contributed by atoms with Gasteiger partial charge in [-0.1, -0.05) is 45.9 Å². The number of rotatable bonds is 7. The lowest BCUT2D eigenvalue weighted by Crippen LogP contribution is -2.24. The molecule has 1 amide bonds. The Morgan fingerprint density at radius 2 is 1.85 bits per heavy atom. The molecule has 0 aliphatic heterocycles. The molecule has 2 nitrogen and oxygen atoms in total. The number of anilines is 1. The zero-order valence-electron chi connectivity index (χ0n) is 13.3. The molecule has 0 saturated heterocycles. The fourth-order valence-corrected chi connectivity index (χ4v) is 2.79. The largest absolute Gasteiger partial charge is 0.325 e. The molecule has 112 valence electrons. The van der Waals surface area contributed by atoms with Crippen LogP contribution in [0.4, 0.5) is 5.69 Å². The van der Waals surface area contributed by atoms with Crippen molar-refractivity contribution >= 4 is 23.4 Å². The molecule has 3 heteroatoms. The molecule has 20 heavy (non-hydrogen) atoms. The van der Waals surface area contributed by atoms with Gasteiger partial charge in [0.05, 0.1) is 5.25 Å². The quantitative estimate of drug-likeness (QED) is 0.773. The van der Waals surface area contributed by atoms with Crippen molar-refractivity contribution < 1.29 is 4.79 Å². The number of hydrogen-bond acceptors (Lipinski definition) is 2. The summed E-state index contributed by atoms with van der Waals surface area (Å²) in [5.41, 5.74) is 2.19. The summed E-state index contributed by atoms with van der Waals surface area (Å²) in [5, 5.41) is 3.08. The normalized spacial score (nSPS) is 14.1. The zero-order chi connectivity index (χ0) is 15.1. The molecule has 0 aliphatic rings. The van der Waals surface area contributed by atoms with Crippen molar-refractivity contribution in [1.82, 2.24) is 0 Å². The van der Waals surface area contributed by atoms with Crippen molar-refractivity contribution in [2.75, 3.05) is 11.1 Å². The van der Waals surface area contributed by atoms with Crippen LogP contribution in [0.25, 0.3) is 0 Å². The lowest BCUT2D eigenvalue weighted by molar-refractivity contribution is -0.115. The molecule has 0 radical (unpaired) electrons. The van der Waals surface area contributed by atoms with Gasteiger partial charge in [0.25, 0.3) is 0 Å². The summed E-state index contributed by atoms with van der Waals surface area (Å²) >= 11 is 1.72. The van der Waals surface area contributed by atoms with Gasteiger partial charge in [0.1, 0.15) is 0 Å². The maximum atomic E-state index is 12.3. The SMILES string of the molecule is CCC(C)c1ccccc1NC(=O)C(C)SCC(C)C. The van der Waals surface area contributed by atoms with E-state index >= 15 is 0 Å². The van der Waals surface area contributed by atoms with Gasteiger partial charge in [-0.3, -0.25) is 4.79 Å². The van der Waals surface area contributed by atoms with Crippen LogP contribution < -0.4 is 5.32 Å². The van der Waals surface area contributed by atoms with Crippen LogP contribution in [0, 0.1) is 5.92 Å². The van der Waals surface area contributed by atoms with E-state index in [4.69, 9.17) is 0 Å². The van der Waals surface area contributed by atoms with E-state index in [1.54, 1.807) is 11.8 Å². The summed E-state index contributed by atoms with van der Waals surface area (Å²) < 4.78 is 0. The third kappa shape index (κ3) is 5.20. The van der Waals surface area contributed by atoms with Crippen molar-refractivity contribution in [2.45, 2.75) is 52.2 Å². The Morgan fingerprint density at radius 1 is 1.20 bits per heavy atom. The van der Waals surface area contributed by atoms with Crippen molar-refractivity contribution in [3.8, 4) is 0 Å². The monoisotopic (exact) mass is 293 g/mol. The summed E-state index contributed by atoms with van der Waals surface area (Å²) in [5.74, 6) is 2.20. The lowest BCUT2D eigenvalue weighted by Gasteiger charge is -2.18. The van der Waals surface area contributed by atoms with Gasteiger partial charge >= 0.3 is 0 Å². The van der Waals surface area contributed by atoms with Crippen molar-refractivity contribution in [1.29, 1.82) is 0 Å². The number of carbonyl (C=O) groups is 1. The maximum absolute atomic E-state index is 12.3. The van der Waals surface area contributed by atoms with Crippen LogP contribution in [-0.4, -0.2) is 16.9 Å². The molecule has 0 aromatic heterocycles. The number of benzene rings is 1. The van der Waals surface area contributed by atoms with Crippen LogP contribution in [0.3, 0.4) is 0 Å². The molecule has 0 spiro atoms. The molecule has 1 aromatic carbocycles. The Bertz CT molecular complexity index is 431. The lowest BCUT2D eigenvalue weighted by atomic mass is 9.97. The third-order valence-corrected chi connectivity index (χ3v) is 4.98. The van der Waals surface area contributed by atoms with E-state index in [1.165, 1.54) is 5.56 Å². The highest BCUT2D eigenvalue weighted by Gasteiger charge is 2.16. The first-order chi connectivity index (χ1) is 9.45. The minimum Gasteiger partial charge on any atom is -0.325 e. The number of hydrogen-bond donors (Lipinski definition) is 1. The zero-order valence-corrected chi connectivity index (χ0v) is 14.1. The van der Waals surface area contributed by atoms with Gasteiger partial charge in [0, 0.05) is 5.69 Å². The number of carbonyl (C=O) groups excluding carboxylic acids is 1. The summed E-state index contributed by atoms with van der Waals surface area (Å²) in [6.45, 7) is 10.7. The standard InChI is InChI=1S/C17H27NOS/c1-6-13(4)15-9-7-8-10-16(15)18-17(19)14(5)20-11-12(2)3/h7-10,12-14H,6,11H2,1-5H3,(H,18,19). The first-order valence-corrected chi connectivity index (χ1v) is 8.51. The first kappa shape index (κ1) is 17.1. The van der Waals surface area contributed by atoms with Crippen molar-refractivity contribution in [2.24, 2.45) is 5.92 Å². The number of nitrogens with one attached hydrogen (secondary N) is 1. The molecule has 0 aliphatic carbocycles. The molecule has 1 N–H and O–H groups in total. The number of amides is 1.